The van der Waals surface area contributed by atoms with Gasteiger partial charge in [0, 0.05) is 12.3 Å². The highest BCUT2D eigenvalue weighted by atomic mass is 16.8. The van der Waals surface area contributed by atoms with Gasteiger partial charge in [-0.3, -0.25) is 0 Å². The van der Waals surface area contributed by atoms with E-state index in [0.717, 1.165) is 31.3 Å². The van der Waals surface area contributed by atoms with Crippen molar-refractivity contribution < 1.29 is 94.4 Å². The molecule has 4 aliphatic heterocycles. The van der Waals surface area contributed by atoms with E-state index < -0.39 is 123 Å². The molecule has 368 valence electrons. The molecular formula is C45H74O19. The Morgan fingerprint density at radius 1 is 0.766 bits per heavy atom. The second kappa shape index (κ2) is 18.7. The van der Waals surface area contributed by atoms with Crippen LogP contribution in [0.5, 0.6) is 0 Å². The Morgan fingerprint density at radius 3 is 2.09 bits per heavy atom. The number of rotatable bonds is 12. The maximum absolute atomic E-state index is 12.0. The summed E-state index contributed by atoms with van der Waals surface area (Å²) in [7, 11) is 0. The van der Waals surface area contributed by atoms with Crippen molar-refractivity contribution in [3.63, 3.8) is 0 Å². The summed E-state index contributed by atoms with van der Waals surface area (Å²) in [5, 5.41) is 127. The van der Waals surface area contributed by atoms with E-state index in [0.29, 0.717) is 37.5 Å². The summed E-state index contributed by atoms with van der Waals surface area (Å²) in [5.74, 6) is -0.499. The van der Waals surface area contributed by atoms with Crippen molar-refractivity contribution in [3.05, 3.63) is 11.6 Å². The number of hydrogen-bond donors (Lipinski definition) is 12. The van der Waals surface area contributed by atoms with Gasteiger partial charge in [0.15, 0.2) is 24.7 Å². The number of aliphatic hydroxyl groups excluding tert-OH is 11. The highest BCUT2D eigenvalue weighted by Gasteiger charge is 2.68. The highest BCUT2D eigenvalue weighted by molar-refractivity contribution is 5.27. The molecule has 0 aromatic rings. The second-order valence-electron chi connectivity index (χ2n) is 21.2. The topological polar surface area (TPSA) is 307 Å². The van der Waals surface area contributed by atoms with Crippen LogP contribution in [-0.4, -0.2) is 197 Å². The Hall–Kier alpha value is -1.02. The van der Waals surface area contributed by atoms with E-state index in [1.165, 1.54) is 6.92 Å². The van der Waals surface area contributed by atoms with Crippen LogP contribution < -0.4 is 0 Å². The number of hydrogen-bond acceptors (Lipinski definition) is 19. The van der Waals surface area contributed by atoms with Crippen LogP contribution in [0.2, 0.25) is 0 Å². The molecule has 4 heterocycles. The van der Waals surface area contributed by atoms with E-state index >= 15 is 0 Å². The van der Waals surface area contributed by atoms with Gasteiger partial charge in [-0.15, -0.1) is 0 Å². The second-order valence-corrected chi connectivity index (χ2v) is 21.2. The Morgan fingerprint density at radius 2 is 1.41 bits per heavy atom. The molecule has 0 aromatic carbocycles. The van der Waals surface area contributed by atoms with E-state index in [2.05, 4.69) is 26.8 Å². The molecule has 3 saturated carbocycles. The van der Waals surface area contributed by atoms with Crippen LogP contribution in [0.3, 0.4) is 0 Å². The molecule has 4 aliphatic carbocycles. The third-order valence-corrected chi connectivity index (χ3v) is 17.4. The Bertz CT molecular complexity index is 1640. The molecule has 64 heavy (non-hydrogen) atoms. The molecule has 0 unspecified atom stereocenters. The van der Waals surface area contributed by atoms with Gasteiger partial charge in [0.25, 0.3) is 0 Å². The first-order chi connectivity index (χ1) is 30.2. The lowest BCUT2D eigenvalue weighted by atomic mass is 9.46. The first kappa shape index (κ1) is 49.4. The Balaban J connectivity index is 0.900. The summed E-state index contributed by atoms with van der Waals surface area (Å²) in [6.45, 7) is 9.06. The minimum Gasteiger partial charge on any atom is -0.394 e. The SMILES string of the molecule is C[C@H](CC[C@@]1(O)O[C@H]2C[C@H]3[C@@H]4CC=C5C[C@@H](O[C@@H]6O[C@H](CO)[C@@H](O)[C@H](O)[C@H]6O[C@@H]6O[C@@H](C)[C@H](O)[C@@H](O)[C@H]6O)[C@H](O)C[C@]5(C)[C@H]4CC[C@]3(C)[C@H]2[C@@H]1C)CO[C@@H]1O[C@H](CO)[C@@H](O)[C@H](O)[C@H]1O. The molecule has 12 N–H and O–H groups in total. The van der Waals surface area contributed by atoms with Gasteiger partial charge in [0.2, 0.25) is 0 Å². The molecule has 7 fully saturated rings. The third-order valence-electron chi connectivity index (χ3n) is 17.4. The summed E-state index contributed by atoms with van der Waals surface area (Å²) < 4.78 is 41.8. The zero-order valence-electron chi connectivity index (χ0n) is 37.4. The van der Waals surface area contributed by atoms with Crippen molar-refractivity contribution in [3.8, 4) is 0 Å². The van der Waals surface area contributed by atoms with Crippen molar-refractivity contribution in [1.82, 2.24) is 0 Å². The quantitative estimate of drug-likeness (QED) is 0.0956. The predicted molar refractivity (Wildman–Crippen MR) is 219 cm³/mol. The average molecular weight is 919 g/mol. The maximum Gasteiger partial charge on any atom is 0.187 e. The summed E-state index contributed by atoms with van der Waals surface area (Å²) >= 11 is 0. The minimum absolute atomic E-state index is 0.0759. The molecule has 19 nitrogen and oxygen atoms in total. The van der Waals surface area contributed by atoms with Gasteiger partial charge < -0.3 is 94.4 Å². The van der Waals surface area contributed by atoms with Crippen molar-refractivity contribution >= 4 is 0 Å². The van der Waals surface area contributed by atoms with Crippen molar-refractivity contribution in [2.45, 2.75) is 202 Å². The lowest BCUT2D eigenvalue weighted by molar-refractivity contribution is -0.372. The highest BCUT2D eigenvalue weighted by Crippen LogP contribution is 2.70. The molecule has 8 aliphatic rings. The van der Waals surface area contributed by atoms with Crippen LogP contribution in [0.25, 0.3) is 0 Å². The van der Waals surface area contributed by atoms with Gasteiger partial charge in [-0.1, -0.05) is 39.3 Å². The van der Waals surface area contributed by atoms with Gasteiger partial charge in [-0.2, -0.15) is 0 Å². The van der Waals surface area contributed by atoms with Crippen LogP contribution in [0.4, 0.5) is 0 Å². The van der Waals surface area contributed by atoms with Gasteiger partial charge in [0.1, 0.15) is 67.1 Å². The molecule has 0 aromatic heterocycles. The van der Waals surface area contributed by atoms with Crippen LogP contribution in [0.15, 0.2) is 11.6 Å². The number of fused-ring (bicyclic) bond motifs is 7. The van der Waals surface area contributed by atoms with Crippen LogP contribution >= 0.6 is 0 Å². The lowest BCUT2D eigenvalue weighted by Crippen LogP contribution is -2.64. The normalized spacial score (nSPS) is 55.5. The van der Waals surface area contributed by atoms with E-state index in [-0.39, 0.29) is 47.2 Å². The summed E-state index contributed by atoms with van der Waals surface area (Å²) in [6, 6.07) is 0. The zero-order chi connectivity index (χ0) is 46.4. The minimum atomic E-state index is -1.71. The molecule has 0 bridgehead atoms. The van der Waals surface area contributed by atoms with E-state index in [1.54, 1.807) is 0 Å². The van der Waals surface area contributed by atoms with E-state index in [9.17, 15) is 61.3 Å². The van der Waals surface area contributed by atoms with Gasteiger partial charge >= 0.3 is 0 Å². The van der Waals surface area contributed by atoms with Gasteiger partial charge in [-0.25, -0.2) is 0 Å². The smallest absolute Gasteiger partial charge is 0.187 e. The number of ether oxygens (including phenoxy) is 7. The predicted octanol–water partition coefficient (Wildman–Crippen LogP) is -1.86. The Kier molecular flexibility index (Phi) is 14.4. The molecule has 8 rings (SSSR count). The fourth-order valence-corrected chi connectivity index (χ4v) is 13.6. The molecule has 0 spiro atoms. The molecule has 4 saturated heterocycles. The lowest BCUT2D eigenvalue weighted by Gasteiger charge is -2.59. The molecular weight excluding hydrogens is 844 g/mol. The number of aliphatic hydroxyl groups is 12. The van der Waals surface area contributed by atoms with Gasteiger partial charge in [0.05, 0.1) is 44.2 Å². The summed E-state index contributed by atoms with van der Waals surface area (Å²) in [6.07, 6.45) is -15.8. The standard InChI is InChI=1S/C45H74O19/c1-18(17-58-40-37(55)35(53)32(50)28(15-46)61-40)8-11-45(57)19(2)30-27(64-45)13-24-22-7-6-21-12-26(25(48)14-44(21,5)23(22)9-10-43(24,30)4)60-42-39(36(54)33(51)29(16-47)62-42)63-41-38(56)34(52)31(49)20(3)59-41/h6,18-20,22-42,46-57H,7-17H2,1-5H3/t18-,19+,20+,22-,23+,24+,25-,26-,27+,28-,29-,30+,31+,32-,33-,34-,35+,36+,37-,38-,39-,40-,41+,42-,43+,44+,45-/m1/s1. The summed E-state index contributed by atoms with van der Waals surface area (Å²) in [5.41, 5.74) is 0.721. The number of allylic oxidation sites excluding steroid dienone is 1. The fraction of sp³-hybridized carbons (Fsp3) is 0.956. The van der Waals surface area contributed by atoms with E-state index in [4.69, 9.17) is 33.2 Å². The molecule has 19 heteroatoms. The molecule has 0 amide bonds. The fourth-order valence-electron chi connectivity index (χ4n) is 13.6. The first-order valence-corrected chi connectivity index (χ1v) is 23.5. The van der Waals surface area contributed by atoms with Gasteiger partial charge in [-0.05, 0) is 92.3 Å². The molecule has 27 atom stereocenters. The van der Waals surface area contributed by atoms with E-state index in [1.807, 2.05) is 6.92 Å². The molecule has 0 radical (unpaired) electrons. The summed E-state index contributed by atoms with van der Waals surface area (Å²) in [4.78, 5) is 0. The largest absolute Gasteiger partial charge is 0.394 e. The third kappa shape index (κ3) is 8.47. The van der Waals surface area contributed by atoms with Crippen molar-refractivity contribution in [1.29, 1.82) is 0 Å². The van der Waals surface area contributed by atoms with Crippen LogP contribution in [0, 0.1) is 46.3 Å². The van der Waals surface area contributed by atoms with Crippen molar-refractivity contribution in [2.24, 2.45) is 46.3 Å². The maximum atomic E-state index is 12.0. The Labute approximate surface area is 373 Å². The zero-order valence-corrected chi connectivity index (χ0v) is 37.4. The van der Waals surface area contributed by atoms with Crippen LogP contribution in [0.1, 0.15) is 86.0 Å². The monoisotopic (exact) mass is 918 g/mol. The first-order valence-electron chi connectivity index (χ1n) is 23.5. The van der Waals surface area contributed by atoms with Crippen LogP contribution in [-0.2, 0) is 33.2 Å². The average Bonchev–Trinajstić information content (AvgIpc) is 3.70. The van der Waals surface area contributed by atoms with Crippen molar-refractivity contribution in [2.75, 3.05) is 19.8 Å².